The first-order valence-electron chi connectivity index (χ1n) is 14.6. The van der Waals surface area contributed by atoms with Gasteiger partial charge in [0.2, 0.25) is 5.91 Å². The number of hydrogen-bond acceptors (Lipinski definition) is 6. The van der Waals surface area contributed by atoms with Gasteiger partial charge in [-0.05, 0) is 97.3 Å². The largest absolute Gasteiger partial charge is 0.508 e. The zero-order chi connectivity index (χ0) is 27.9. The van der Waals surface area contributed by atoms with Crippen LogP contribution in [0.3, 0.4) is 0 Å². The summed E-state index contributed by atoms with van der Waals surface area (Å²) in [5, 5.41) is 14.5. The Morgan fingerprint density at radius 3 is 2.79 bits per heavy atom. The number of anilines is 1. The zero-order valence-corrected chi connectivity index (χ0v) is 25.3. The van der Waals surface area contributed by atoms with Gasteiger partial charge in [-0.25, -0.2) is 4.98 Å². The number of aryl methyl sites for hydroxylation is 2. The molecule has 39 heavy (non-hydrogen) atoms. The van der Waals surface area contributed by atoms with Crippen LogP contribution >= 0.6 is 11.3 Å². The number of rotatable bonds is 7. The summed E-state index contributed by atoms with van der Waals surface area (Å²) in [4.78, 5) is 23.4. The molecule has 5 rings (SSSR count). The monoisotopic (exact) mass is 551 g/mol. The fourth-order valence-electron chi connectivity index (χ4n) is 7.98. The van der Waals surface area contributed by atoms with Crippen molar-refractivity contribution in [2.75, 3.05) is 25.6 Å². The van der Waals surface area contributed by atoms with E-state index in [1.165, 1.54) is 28.2 Å². The SMILES string of the molecule is COCC/N=C1\C[C@@H](CCC(=O)Nc2ncc(C)s2)C2C3CCc4cc(O)c(C(C)(C)C)cc4C3CC[C@]12C. The first-order valence-corrected chi connectivity index (χ1v) is 15.4. The average molecular weight is 552 g/mol. The third kappa shape index (κ3) is 5.54. The fourth-order valence-corrected chi connectivity index (χ4v) is 8.66. The number of ether oxygens (including phenoxy) is 1. The van der Waals surface area contributed by atoms with Gasteiger partial charge in [0.15, 0.2) is 5.13 Å². The van der Waals surface area contributed by atoms with E-state index in [9.17, 15) is 9.90 Å². The Labute approximate surface area is 237 Å². The number of aromatic hydroxyl groups is 1. The lowest BCUT2D eigenvalue weighted by Gasteiger charge is -2.51. The van der Waals surface area contributed by atoms with Crippen LogP contribution in [0, 0.1) is 30.1 Å². The van der Waals surface area contributed by atoms with Gasteiger partial charge in [0.25, 0.3) is 0 Å². The van der Waals surface area contributed by atoms with E-state index < -0.39 is 0 Å². The second kappa shape index (κ2) is 11.0. The number of carbonyl (C=O) groups is 1. The fraction of sp³-hybridized carbons (Fsp3) is 0.656. The number of phenolic OH excluding ortho intramolecular Hbond substituents is 1. The molecular formula is C32H45N3O3S. The van der Waals surface area contributed by atoms with Gasteiger partial charge < -0.3 is 15.2 Å². The Morgan fingerprint density at radius 2 is 2.10 bits per heavy atom. The van der Waals surface area contributed by atoms with E-state index in [0.717, 1.165) is 49.0 Å². The number of carbonyl (C=O) groups excluding carboxylic acids is 1. The van der Waals surface area contributed by atoms with Crippen LogP contribution in [-0.4, -0.2) is 42.0 Å². The van der Waals surface area contributed by atoms with Gasteiger partial charge in [0.1, 0.15) is 5.75 Å². The molecular weight excluding hydrogens is 506 g/mol. The smallest absolute Gasteiger partial charge is 0.226 e. The molecule has 0 saturated heterocycles. The number of thiazole rings is 1. The molecule has 0 spiro atoms. The summed E-state index contributed by atoms with van der Waals surface area (Å²) in [6.45, 7) is 12.3. The van der Waals surface area contributed by atoms with Crippen molar-refractivity contribution in [3.8, 4) is 5.75 Å². The minimum absolute atomic E-state index is 0.0578. The summed E-state index contributed by atoms with van der Waals surface area (Å²) >= 11 is 1.52. The van der Waals surface area contributed by atoms with Gasteiger partial charge in [-0.15, -0.1) is 11.3 Å². The maximum Gasteiger partial charge on any atom is 0.226 e. The van der Waals surface area contributed by atoms with E-state index in [4.69, 9.17) is 9.73 Å². The molecule has 6 nitrogen and oxygen atoms in total. The Bertz CT molecular complexity index is 1250. The molecule has 2 fully saturated rings. The summed E-state index contributed by atoms with van der Waals surface area (Å²) < 4.78 is 5.32. The molecule has 1 aromatic carbocycles. The first kappa shape index (κ1) is 28.3. The minimum Gasteiger partial charge on any atom is -0.508 e. The number of phenols is 1. The lowest BCUT2D eigenvalue weighted by molar-refractivity contribution is -0.116. The van der Waals surface area contributed by atoms with E-state index in [1.807, 2.05) is 13.0 Å². The molecule has 3 aliphatic rings. The molecule has 1 heterocycles. The molecule has 2 aromatic rings. The predicted molar refractivity (Wildman–Crippen MR) is 159 cm³/mol. The van der Waals surface area contributed by atoms with Crippen LogP contribution in [0.1, 0.15) is 93.7 Å². The number of amides is 1. The second-order valence-corrected chi connectivity index (χ2v) is 14.5. The number of nitrogens with one attached hydrogen (secondary N) is 1. The minimum atomic E-state index is -0.102. The van der Waals surface area contributed by atoms with Crippen LogP contribution in [0.2, 0.25) is 0 Å². The molecule has 1 amide bonds. The van der Waals surface area contributed by atoms with E-state index in [2.05, 4.69) is 44.1 Å². The Hall–Kier alpha value is -2.25. The highest BCUT2D eigenvalue weighted by atomic mass is 32.1. The van der Waals surface area contributed by atoms with E-state index in [1.54, 1.807) is 13.3 Å². The molecule has 2 N–H and O–H groups in total. The van der Waals surface area contributed by atoms with Crippen LogP contribution in [0.5, 0.6) is 5.75 Å². The van der Waals surface area contributed by atoms with Gasteiger partial charge in [-0.1, -0.05) is 33.8 Å². The van der Waals surface area contributed by atoms with Crippen molar-refractivity contribution >= 4 is 28.1 Å². The van der Waals surface area contributed by atoms with Gasteiger partial charge in [0, 0.05) is 35.7 Å². The maximum absolute atomic E-state index is 12.9. The molecule has 3 unspecified atom stereocenters. The van der Waals surface area contributed by atoms with Crippen LogP contribution in [0.15, 0.2) is 23.3 Å². The molecule has 5 atom stereocenters. The lowest BCUT2D eigenvalue weighted by atomic mass is 9.53. The first-order chi connectivity index (χ1) is 18.5. The van der Waals surface area contributed by atoms with Crippen LogP contribution in [0.4, 0.5) is 5.13 Å². The van der Waals surface area contributed by atoms with Crippen LogP contribution in [0.25, 0.3) is 0 Å². The van der Waals surface area contributed by atoms with Crippen molar-refractivity contribution in [1.29, 1.82) is 0 Å². The van der Waals surface area contributed by atoms with Crippen molar-refractivity contribution in [2.24, 2.45) is 28.2 Å². The number of nitrogens with zero attached hydrogens (tertiary/aromatic N) is 2. The molecule has 2 saturated carbocycles. The van der Waals surface area contributed by atoms with Crippen LogP contribution in [-0.2, 0) is 21.4 Å². The maximum atomic E-state index is 12.9. The zero-order valence-electron chi connectivity index (χ0n) is 24.5. The number of aromatic nitrogens is 1. The van der Waals surface area contributed by atoms with Gasteiger partial charge >= 0.3 is 0 Å². The molecule has 7 heteroatoms. The molecule has 212 valence electrons. The van der Waals surface area contributed by atoms with Crippen molar-refractivity contribution in [1.82, 2.24) is 4.98 Å². The number of hydrogen-bond donors (Lipinski definition) is 2. The van der Waals surface area contributed by atoms with Crippen molar-refractivity contribution < 1.29 is 14.6 Å². The third-order valence-corrected chi connectivity index (χ3v) is 10.6. The average Bonchev–Trinajstić information content (AvgIpc) is 3.41. The van der Waals surface area contributed by atoms with Gasteiger partial charge in [-0.2, -0.15) is 0 Å². The van der Waals surface area contributed by atoms with Crippen molar-refractivity contribution in [2.45, 2.75) is 90.9 Å². The molecule has 0 radical (unpaired) electrons. The summed E-state index contributed by atoms with van der Waals surface area (Å²) in [6, 6.07) is 4.37. The Morgan fingerprint density at radius 1 is 1.31 bits per heavy atom. The highest BCUT2D eigenvalue weighted by Crippen LogP contribution is 2.63. The number of benzene rings is 1. The van der Waals surface area contributed by atoms with E-state index in [-0.39, 0.29) is 16.7 Å². The topological polar surface area (TPSA) is 83.8 Å². The quantitative estimate of drug-likeness (QED) is 0.362. The number of aliphatic imine (C=N–C) groups is 1. The molecule has 3 aliphatic carbocycles. The van der Waals surface area contributed by atoms with Crippen molar-refractivity contribution in [3.05, 3.63) is 39.9 Å². The summed E-state index contributed by atoms with van der Waals surface area (Å²) in [6.07, 6.45) is 8.59. The Balaban J connectivity index is 1.42. The highest BCUT2D eigenvalue weighted by Gasteiger charge is 2.57. The second-order valence-electron chi connectivity index (χ2n) is 13.3. The predicted octanol–water partition coefficient (Wildman–Crippen LogP) is 7.04. The van der Waals surface area contributed by atoms with E-state index in [0.29, 0.717) is 54.1 Å². The molecule has 1 aromatic heterocycles. The van der Waals surface area contributed by atoms with Gasteiger partial charge in [-0.3, -0.25) is 9.79 Å². The Kier molecular flexibility index (Phi) is 7.95. The summed E-state index contributed by atoms with van der Waals surface area (Å²) in [5.74, 6) is 2.51. The lowest BCUT2D eigenvalue weighted by Crippen LogP contribution is -2.44. The van der Waals surface area contributed by atoms with E-state index >= 15 is 0 Å². The molecule has 0 aliphatic heterocycles. The number of fused-ring (bicyclic) bond motifs is 5. The highest BCUT2D eigenvalue weighted by molar-refractivity contribution is 7.15. The summed E-state index contributed by atoms with van der Waals surface area (Å²) in [7, 11) is 1.74. The standard InChI is InChI=1S/C32H45N3O3S/c1-19-18-34-30(39-19)35-28(37)10-8-21-16-27(33-13-14-38-6)32(5)12-11-22-23(29(21)32)9-7-20-15-26(36)25(17-24(20)22)31(2,3)4/h15,17-18,21-23,29,36H,7-14,16H2,1-6H3,(H,34,35,37)/b33-27+/t21-,22?,23?,29?,32-/m1/s1. The normalized spacial score (nSPS) is 29.1. The van der Waals surface area contributed by atoms with Crippen LogP contribution < -0.4 is 5.32 Å². The summed E-state index contributed by atoms with van der Waals surface area (Å²) in [5.41, 5.74) is 5.15. The third-order valence-electron chi connectivity index (χ3n) is 9.73. The molecule has 0 bridgehead atoms. The van der Waals surface area contributed by atoms with Gasteiger partial charge in [0.05, 0.1) is 13.2 Å². The number of methoxy groups -OCH3 is 1. The van der Waals surface area contributed by atoms with Crippen molar-refractivity contribution in [3.63, 3.8) is 0 Å².